The van der Waals surface area contributed by atoms with Crippen LogP contribution in [0.25, 0.3) is 0 Å². The maximum atomic E-state index is 13.4. The molecule has 0 saturated carbocycles. The lowest BCUT2D eigenvalue weighted by Gasteiger charge is -2.31. The molecule has 0 atom stereocenters. The van der Waals surface area contributed by atoms with Crippen LogP contribution in [0.3, 0.4) is 0 Å². The highest BCUT2D eigenvalue weighted by atomic mass is 35.5. The summed E-state index contributed by atoms with van der Waals surface area (Å²) in [6, 6.07) is 2.19. The van der Waals surface area contributed by atoms with Crippen LogP contribution in [0.1, 0.15) is 23.2 Å². The highest BCUT2D eigenvalue weighted by Gasteiger charge is 2.30. The number of hydrogen-bond donors (Lipinski definition) is 2. The van der Waals surface area contributed by atoms with Gasteiger partial charge in [-0.1, -0.05) is 23.2 Å². The summed E-state index contributed by atoms with van der Waals surface area (Å²) in [5.74, 6) is 0.511. The molecule has 1 fully saturated rings. The summed E-state index contributed by atoms with van der Waals surface area (Å²) in [5.41, 5.74) is -0.874. The third kappa shape index (κ3) is 3.79. The first-order chi connectivity index (χ1) is 9.41. The van der Waals surface area contributed by atoms with Gasteiger partial charge in [-0.25, -0.2) is 4.39 Å². The quantitative estimate of drug-likeness (QED) is 0.833. The number of nitrogens with one attached hydrogen (secondary N) is 1. The van der Waals surface area contributed by atoms with Crippen LogP contribution in [0.4, 0.5) is 4.39 Å². The minimum Gasteiger partial charge on any atom is -0.388 e. The van der Waals surface area contributed by atoms with Crippen LogP contribution >= 0.6 is 35.0 Å². The van der Waals surface area contributed by atoms with E-state index in [0.717, 1.165) is 17.6 Å². The molecule has 1 amide bonds. The number of hydrogen-bond acceptors (Lipinski definition) is 3. The van der Waals surface area contributed by atoms with Gasteiger partial charge in [-0.3, -0.25) is 4.79 Å². The number of benzene rings is 1. The molecule has 7 heteroatoms. The predicted molar refractivity (Wildman–Crippen MR) is 80.3 cm³/mol. The van der Waals surface area contributed by atoms with Crippen molar-refractivity contribution in [2.24, 2.45) is 0 Å². The summed E-state index contributed by atoms with van der Waals surface area (Å²) >= 11 is 13.2. The fraction of sp³-hybridized carbons (Fsp3) is 0.462. The Morgan fingerprint density at radius 1 is 1.35 bits per heavy atom. The number of aliphatic hydroxyl groups is 1. The van der Waals surface area contributed by atoms with Gasteiger partial charge in [-0.2, -0.15) is 11.8 Å². The van der Waals surface area contributed by atoms with Crippen LogP contribution in [0.2, 0.25) is 10.0 Å². The standard InChI is InChI=1S/C13H14Cl2FNO2S/c14-9-6-10(15)11(16)5-8(9)12(18)17-7-13(19)1-3-20-4-2-13/h5-6,19H,1-4,7H2,(H,17,18). The third-order valence-corrected chi connectivity index (χ3v) is 4.84. The number of carbonyl (C=O) groups excluding carboxylic acids is 1. The van der Waals surface area contributed by atoms with Gasteiger partial charge in [0.15, 0.2) is 0 Å². The maximum Gasteiger partial charge on any atom is 0.253 e. The van der Waals surface area contributed by atoms with Gasteiger partial charge in [0.25, 0.3) is 5.91 Å². The highest BCUT2D eigenvalue weighted by Crippen LogP contribution is 2.27. The van der Waals surface area contributed by atoms with E-state index in [1.165, 1.54) is 6.07 Å². The van der Waals surface area contributed by atoms with Crippen molar-refractivity contribution in [3.8, 4) is 0 Å². The molecule has 1 aliphatic rings. The first-order valence-corrected chi connectivity index (χ1v) is 8.05. The fourth-order valence-electron chi connectivity index (χ4n) is 1.96. The number of halogens is 3. The molecule has 0 bridgehead atoms. The molecule has 0 aliphatic carbocycles. The number of amides is 1. The normalized spacial score (nSPS) is 17.8. The molecule has 1 aromatic carbocycles. The lowest BCUT2D eigenvalue weighted by molar-refractivity contribution is 0.0311. The molecular weight excluding hydrogens is 324 g/mol. The topological polar surface area (TPSA) is 49.3 Å². The Hall–Kier alpha value is -0.490. The van der Waals surface area contributed by atoms with Crippen LogP contribution in [-0.2, 0) is 0 Å². The van der Waals surface area contributed by atoms with Crippen molar-refractivity contribution in [1.29, 1.82) is 0 Å². The number of carbonyl (C=O) groups is 1. The average molecular weight is 338 g/mol. The monoisotopic (exact) mass is 337 g/mol. The number of thioether (sulfide) groups is 1. The zero-order valence-corrected chi connectivity index (χ0v) is 12.9. The SMILES string of the molecule is O=C(NCC1(O)CCSCC1)c1cc(F)c(Cl)cc1Cl. The first-order valence-electron chi connectivity index (χ1n) is 6.14. The van der Waals surface area contributed by atoms with Gasteiger partial charge in [0.05, 0.1) is 21.2 Å². The van der Waals surface area contributed by atoms with Gasteiger partial charge in [-0.15, -0.1) is 0 Å². The van der Waals surface area contributed by atoms with E-state index >= 15 is 0 Å². The van der Waals surface area contributed by atoms with Gasteiger partial charge in [0.2, 0.25) is 0 Å². The maximum absolute atomic E-state index is 13.4. The fourth-order valence-corrected chi connectivity index (χ4v) is 3.69. The zero-order chi connectivity index (χ0) is 14.8. The summed E-state index contributed by atoms with van der Waals surface area (Å²) in [6.45, 7) is 0.132. The molecule has 1 heterocycles. The lowest BCUT2D eigenvalue weighted by atomic mass is 9.97. The minimum absolute atomic E-state index is 0.0161. The summed E-state index contributed by atoms with van der Waals surface area (Å²) in [5, 5.41) is 12.8. The predicted octanol–water partition coefficient (Wildman–Crippen LogP) is 3.12. The Kier molecular flexibility index (Phi) is 5.18. The van der Waals surface area contributed by atoms with Gasteiger partial charge < -0.3 is 10.4 Å². The zero-order valence-electron chi connectivity index (χ0n) is 10.6. The van der Waals surface area contributed by atoms with Gasteiger partial charge >= 0.3 is 0 Å². The molecule has 1 saturated heterocycles. The van der Waals surface area contributed by atoms with E-state index in [1.54, 1.807) is 11.8 Å². The Morgan fingerprint density at radius 3 is 2.65 bits per heavy atom. The van der Waals surface area contributed by atoms with Crippen molar-refractivity contribution in [3.63, 3.8) is 0 Å². The van der Waals surface area contributed by atoms with Gasteiger partial charge in [0.1, 0.15) is 5.82 Å². The molecule has 3 nitrogen and oxygen atoms in total. The van der Waals surface area contributed by atoms with E-state index < -0.39 is 17.3 Å². The minimum atomic E-state index is -0.891. The average Bonchev–Trinajstić information content (AvgIpc) is 2.41. The van der Waals surface area contributed by atoms with E-state index in [0.29, 0.717) is 12.8 Å². The largest absolute Gasteiger partial charge is 0.388 e. The Morgan fingerprint density at radius 2 is 2.00 bits per heavy atom. The number of rotatable bonds is 3. The van der Waals surface area contributed by atoms with Crippen molar-refractivity contribution < 1.29 is 14.3 Å². The summed E-state index contributed by atoms with van der Waals surface area (Å²) in [4.78, 5) is 12.0. The Labute approximate surface area is 130 Å². The van der Waals surface area contributed by atoms with Crippen molar-refractivity contribution in [2.75, 3.05) is 18.1 Å². The van der Waals surface area contributed by atoms with E-state index in [-0.39, 0.29) is 22.2 Å². The van der Waals surface area contributed by atoms with E-state index in [9.17, 15) is 14.3 Å². The second kappa shape index (κ2) is 6.52. The Bertz CT molecular complexity index is 521. The first kappa shape index (κ1) is 15.9. The van der Waals surface area contributed by atoms with Crippen LogP contribution in [0.15, 0.2) is 12.1 Å². The van der Waals surface area contributed by atoms with E-state index in [1.807, 2.05) is 0 Å². The summed E-state index contributed by atoms with van der Waals surface area (Å²) < 4.78 is 13.4. The summed E-state index contributed by atoms with van der Waals surface area (Å²) in [6.07, 6.45) is 1.25. The molecule has 0 aromatic heterocycles. The lowest BCUT2D eigenvalue weighted by Crippen LogP contribution is -2.45. The van der Waals surface area contributed by atoms with Crippen molar-refractivity contribution in [2.45, 2.75) is 18.4 Å². The van der Waals surface area contributed by atoms with Crippen LogP contribution < -0.4 is 5.32 Å². The second-order valence-electron chi connectivity index (χ2n) is 4.77. The van der Waals surface area contributed by atoms with Gasteiger partial charge in [0, 0.05) is 6.54 Å². The molecule has 0 spiro atoms. The molecule has 110 valence electrons. The van der Waals surface area contributed by atoms with Crippen molar-refractivity contribution in [1.82, 2.24) is 5.32 Å². The van der Waals surface area contributed by atoms with Crippen molar-refractivity contribution >= 4 is 40.9 Å². The van der Waals surface area contributed by atoms with Crippen molar-refractivity contribution in [3.05, 3.63) is 33.6 Å². The molecule has 2 rings (SSSR count). The molecule has 0 unspecified atom stereocenters. The molecule has 1 aliphatic heterocycles. The second-order valence-corrected chi connectivity index (χ2v) is 6.80. The van der Waals surface area contributed by atoms with Crippen LogP contribution in [-0.4, -0.2) is 34.7 Å². The third-order valence-electron chi connectivity index (χ3n) is 3.26. The van der Waals surface area contributed by atoms with E-state index in [4.69, 9.17) is 23.2 Å². The Balaban J connectivity index is 2.03. The van der Waals surface area contributed by atoms with E-state index in [2.05, 4.69) is 5.32 Å². The van der Waals surface area contributed by atoms with Crippen LogP contribution in [0.5, 0.6) is 0 Å². The molecule has 0 radical (unpaired) electrons. The molecular formula is C13H14Cl2FNO2S. The van der Waals surface area contributed by atoms with Gasteiger partial charge in [-0.05, 0) is 36.5 Å². The molecule has 2 N–H and O–H groups in total. The summed E-state index contributed by atoms with van der Waals surface area (Å²) in [7, 11) is 0. The smallest absolute Gasteiger partial charge is 0.253 e. The molecule has 20 heavy (non-hydrogen) atoms. The highest BCUT2D eigenvalue weighted by molar-refractivity contribution is 7.99. The molecule has 1 aromatic rings. The van der Waals surface area contributed by atoms with Crippen LogP contribution in [0, 0.1) is 5.82 Å².